The number of alkyl carbamates (subject to hydrolysis) is 1. The van der Waals surface area contributed by atoms with Crippen molar-refractivity contribution in [3.63, 3.8) is 0 Å². The zero-order valence-electron chi connectivity index (χ0n) is 14.9. The Kier molecular flexibility index (Phi) is 6.93. The molecular formula is C19H29ClN2O2. The third-order valence-electron chi connectivity index (χ3n) is 4.27. The van der Waals surface area contributed by atoms with E-state index in [1.54, 1.807) is 0 Å². The second-order valence-electron chi connectivity index (χ2n) is 7.54. The summed E-state index contributed by atoms with van der Waals surface area (Å²) < 4.78 is 5.32. The average Bonchev–Trinajstić information content (AvgIpc) is 2.50. The van der Waals surface area contributed by atoms with Crippen LogP contribution < -0.4 is 10.6 Å². The number of carbonyl (C=O) groups is 1. The number of ether oxygens (including phenoxy) is 1. The minimum atomic E-state index is -0.457. The summed E-state index contributed by atoms with van der Waals surface area (Å²) in [6, 6.07) is 8.34. The second kappa shape index (κ2) is 8.72. The number of hydrogen-bond acceptors (Lipinski definition) is 3. The first kappa shape index (κ1) is 19.1. The third-order valence-corrected chi connectivity index (χ3v) is 4.51. The highest BCUT2D eigenvalue weighted by Gasteiger charge is 2.26. The van der Waals surface area contributed by atoms with E-state index in [1.807, 2.05) is 39.0 Å². The summed E-state index contributed by atoms with van der Waals surface area (Å²) in [6.45, 7) is 7.09. The number of halogens is 1. The van der Waals surface area contributed by atoms with Gasteiger partial charge in [0.25, 0.3) is 0 Å². The van der Waals surface area contributed by atoms with Crippen LogP contribution in [0.15, 0.2) is 24.3 Å². The molecule has 1 saturated carbocycles. The van der Waals surface area contributed by atoms with E-state index in [0.717, 1.165) is 24.4 Å². The van der Waals surface area contributed by atoms with E-state index in [0.29, 0.717) is 18.5 Å². The van der Waals surface area contributed by atoms with Gasteiger partial charge >= 0.3 is 6.09 Å². The van der Waals surface area contributed by atoms with Crippen LogP contribution >= 0.6 is 11.6 Å². The van der Waals surface area contributed by atoms with Gasteiger partial charge < -0.3 is 15.4 Å². The normalized spacial score (nSPS) is 21.3. The zero-order chi connectivity index (χ0) is 17.6. The molecule has 2 atom stereocenters. The molecule has 0 heterocycles. The first-order valence-electron chi connectivity index (χ1n) is 8.78. The molecule has 2 unspecified atom stereocenters. The topological polar surface area (TPSA) is 50.4 Å². The number of rotatable bonds is 5. The van der Waals surface area contributed by atoms with Gasteiger partial charge in [-0.15, -0.1) is 0 Å². The molecule has 1 aliphatic carbocycles. The van der Waals surface area contributed by atoms with Gasteiger partial charge in [0.15, 0.2) is 0 Å². The van der Waals surface area contributed by atoms with Crippen molar-refractivity contribution in [3.05, 3.63) is 34.9 Å². The molecule has 1 aromatic rings. The lowest BCUT2D eigenvalue weighted by Crippen LogP contribution is -2.44. The summed E-state index contributed by atoms with van der Waals surface area (Å²) in [4.78, 5) is 11.9. The quantitative estimate of drug-likeness (QED) is 0.819. The Bertz CT molecular complexity index is 542. The number of benzene rings is 1. The first-order chi connectivity index (χ1) is 11.3. The molecule has 5 heteroatoms. The van der Waals surface area contributed by atoms with E-state index in [-0.39, 0.29) is 6.09 Å². The van der Waals surface area contributed by atoms with Crippen molar-refractivity contribution in [2.24, 2.45) is 5.92 Å². The van der Waals surface area contributed by atoms with Crippen molar-refractivity contribution in [2.45, 2.75) is 64.6 Å². The molecule has 1 aromatic carbocycles. The lowest BCUT2D eigenvalue weighted by Gasteiger charge is -2.33. The van der Waals surface area contributed by atoms with Crippen LogP contribution in [0, 0.1) is 5.92 Å². The molecular weight excluding hydrogens is 324 g/mol. The summed E-state index contributed by atoms with van der Waals surface area (Å²) in [5.74, 6) is 0.436. The first-order valence-corrected chi connectivity index (χ1v) is 9.16. The number of nitrogens with one attached hydrogen (secondary N) is 2. The number of amides is 1. The lowest BCUT2D eigenvalue weighted by atomic mass is 9.84. The van der Waals surface area contributed by atoms with Crippen molar-refractivity contribution < 1.29 is 9.53 Å². The van der Waals surface area contributed by atoms with Crippen molar-refractivity contribution in [1.29, 1.82) is 0 Å². The van der Waals surface area contributed by atoms with Gasteiger partial charge in [0.05, 0.1) is 0 Å². The van der Waals surface area contributed by atoms with Gasteiger partial charge in [0, 0.05) is 24.2 Å². The minimum absolute atomic E-state index is 0.332. The molecule has 0 spiro atoms. The molecule has 4 nitrogen and oxygen atoms in total. The van der Waals surface area contributed by atoms with E-state index < -0.39 is 5.60 Å². The van der Waals surface area contributed by atoms with Gasteiger partial charge in [-0.25, -0.2) is 4.79 Å². The van der Waals surface area contributed by atoms with Gasteiger partial charge in [-0.1, -0.05) is 36.6 Å². The predicted molar refractivity (Wildman–Crippen MR) is 98.3 cm³/mol. The van der Waals surface area contributed by atoms with Crippen LogP contribution in [0.25, 0.3) is 0 Å². The van der Waals surface area contributed by atoms with Gasteiger partial charge in [-0.2, -0.15) is 0 Å². The number of hydrogen-bond donors (Lipinski definition) is 2. The summed E-state index contributed by atoms with van der Waals surface area (Å²) in [5, 5.41) is 7.33. The van der Waals surface area contributed by atoms with Gasteiger partial charge in [0.1, 0.15) is 5.60 Å². The molecule has 0 aromatic heterocycles. The van der Waals surface area contributed by atoms with E-state index in [4.69, 9.17) is 16.3 Å². The molecule has 1 fully saturated rings. The SMILES string of the molecule is CC(C)(C)OC(=O)NCC1CCCCC1NCc1cccc(Cl)c1. The molecule has 0 bridgehead atoms. The standard InChI is InChI=1S/C19H29ClN2O2/c1-19(2,3)24-18(23)22-13-15-8-4-5-10-17(15)21-12-14-7-6-9-16(20)11-14/h6-7,9,11,15,17,21H,4-5,8,10,12-13H2,1-3H3,(H,22,23). The van der Waals surface area contributed by atoms with Gasteiger partial charge in [-0.05, 0) is 57.2 Å². The predicted octanol–water partition coefficient (Wildman–Crippen LogP) is 4.51. The third kappa shape index (κ3) is 6.70. The monoisotopic (exact) mass is 352 g/mol. The Morgan fingerprint density at radius 2 is 2.04 bits per heavy atom. The highest BCUT2D eigenvalue weighted by molar-refractivity contribution is 6.30. The molecule has 1 amide bonds. The highest BCUT2D eigenvalue weighted by atomic mass is 35.5. The van der Waals surface area contributed by atoms with Gasteiger partial charge in [0.2, 0.25) is 0 Å². The minimum Gasteiger partial charge on any atom is -0.444 e. The summed E-state index contributed by atoms with van der Waals surface area (Å²) in [7, 11) is 0. The molecule has 0 saturated heterocycles. The van der Waals surface area contributed by atoms with Crippen LogP contribution in [0.3, 0.4) is 0 Å². The average molecular weight is 353 g/mol. The van der Waals surface area contributed by atoms with Crippen molar-refractivity contribution in [2.75, 3.05) is 6.54 Å². The Labute approximate surface area is 150 Å². The lowest BCUT2D eigenvalue weighted by molar-refractivity contribution is 0.0510. The van der Waals surface area contributed by atoms with Crippen molar-refractivity contribution in [1.82, 2.24) is 10.6 Å². The fourth-order valence-corrected chi connectivity index (χ4v) is 3.36. The molecule has 24 heavy (non-hydrogen) atoms. The fraction of sp³-hybridized carbons (Fsp3) is 0.632. The maximum Gasteiger partial charge on any atom is 0.407 e. The maximum atomic E-state index is 11.9. The van der Waals surface area contributed by atoms with Crippen LogP contribution in [-0.2, 0) is 11.3 Å². The zero-order valence-corrected chi connectivity index (χ0v) is 15.7. The van der Waals surface area contributed by atoms with Crippen LogP contribution in [0.4, 0.5) is 4.79 Å². The van der Waals surface area contributed by atoms with Gasteiger partial charge in [-0.3, -0.25) is 0 Å². The molecule has 1 aliphatic rings. The maximum absolute atomic E-state index is 11.9. The largest absolute Gasteiger partial charge is 0.444 e. The van der Waals surface area contributed by atoms with Crippen LogP contribution in [0.1, 0.15) is 52.0 Å². The Hall–Kier alpha value is -1.26. The molecule has 134 valence electrons. The molecule has 0 aliphatic heterocycles. The molecule has 2 rings (SSSR count). The van der Waals surface area contributed by atoms with E-state index in [2.05, 4.69) is 16.7 Å². The van der Waals surface area contributed by atoms with Crippen molar-refractivity contribution in [3.8, 4) is 0 Å². The molecule has 0 radical (unpaired) electrons. The Balaban J connectivity index is 1.82. The van der Waals surface area contributed by atoms with Crippen LogP contribution in [0.5, 0.6) is 0 Å². The van der Waals surface area contributed by atoms with Crippen LogP contribution in [0.2, 0.25) is 5.02 Å². The summed E-state index contributed by atoms with van der Waals surface area (Å²) >= 11 is 6.04. The summed E-state index contributed by atoms with van der Waals surface area (Å²) in [6.07, 6.45) is 4.39. The van der Waals surface area contributed by atoms with E-state index in [1.165, 1.54) is 18.4 Å². The highest BCUT2D eigenvalue weighted by Crippen LogP contribution is 2.24. The van der Waals surface area contributed by atoms with Crippen LogP contribution in [-0.4, -0.2) is 24.3 Å². The Morgan fingerprint density at radius 3 is 2.75 bits per heavy atom. The Morgan fingerprint density at radius 1 is 1.29 bits per heavy atom. The number of carbonyl (C=O) groups excluding carboxylic acids is 1. The molecule has 2 N–H and O–H groups in total. The van der Waals surface area contributed by atoms with E-state index in [9.17, 15) is 4.79 Å². The fourth-order valence-electron chi connectivity index (χ4n) is 3.15. The smallest absolute Gasteiger partial charge is 0.407 e. The van der Waals surface area contributed by atoms with E-state index >= 15 is 0 Å². The second-order valence-corrected chi connectivity index (χ2v) is 7.98. The van der Waals surface area contributed by atoms with Crippen molar-refractivity contribution >= 4 is 17.7 Å². The summed E-state index contributed by atoms with van der Waals surface area (Å²) in [5.41, 5.74) is 0.730.